The van der Waals surface area contributed by atoms with Crippen molar-refractivity contribution in [1.82, 2.24) is 8.75 Å². The maximum absolute atomic E-state index is 12.0. The third-order valence-electron chi connectivity index (χ3n) is 5.28. The summed E-state index contributed by atoms with van der Waals surface area (Å²) >= 11 is 1.16. The molecular formula is C19H34N4O4S+2. The summed E-state index contributed by atoms with van der Waals surface area (Å²) in [5.74, 6) is 0.126. The van der Waals surface area contributed by atoms with Gasteiger partial charge >= 0.3 is 5.97 Å². The van der Waals surface area contributed by atoms with Crippen LogP contribution in [0.4, 0.5) is 0 Å². The fraction of sp³-hybridized carbons (Fsp3) is 0.737. The lowest BCUT2D eigenvalue weighted by molar-refractivity contribution is -0.944. The molecule has 2 unspecified atom stereocenters. The first kappa shape index (κ1) is 22.7. The zero-order chi connectivity index (χ0) is 20.6. The molecule has 9 heteroatoms. The van der Waals surface area contributed by atoms with Crippen LogP contribution in [0.2, 0.25) is 0 Å². The minimum atomic E-state index is -0.760. The van der Waals surface area contributed by atoms with Crippen LogP contribution in [0.25, 0.3) is 5.57 Å². The number of hydrogen-bond donors (Lipinski definition) is 2. The number of ether oxygens (including phenoxy) is 2. The number of carbonyl (C=O) groups excluding carboxylic acids is 1. The smallest absolute Gasteiger partial charge is 0.371 e. The first-order chi connectivity index (χ1) is 13.4. The van der Waals surface area contributed by atoms with Gasteiger partial charge in [0.2, 0.25) is 12.3 Å². The molecule has 0 fully saturated rings. The molecule has 2 heterocycles. The predicted molar refractivity (Wildman–Crippen MR) is 107 cm³/mol. The summed E-state index contributed by atoms with van der Waals surface area (Å²) in [6, 6.07) is -0.760. The molecule has 1 aromatic heterocycles. The Hall–Kier alpha value is -1.55. The summed E-state index contributed by atoms with van der Waals surface area (Å²) in [6.07, 6.45) is 7.27. The number of likely N-dealkylation sites (N-methyl/N-ethyl adjacent to an activating group) is 1. The quantitative estimate of drug-likeness (QED) is 0.320. The summed E-state index contributed by atoms with van der Waals surface area (Å²) in [6.45, 7) is 5.93. The van der Waals surface area contributed by atoms with Gasteiger partial charge in [0.1, 0.15) is 18.8 Å². The molecule has 0 radical (unpaired) electrons. The summed E-state index contributed by atoms with van der Waals surface area (Å²) < 4.78 is 20.8. The number of unbranched alkanes of at least 4 members (excludes halogenated alkanes) is 3. The molecule has 0 saturated carbocycles. The van der Waals surface area contributed by atoms with Gasteiger partial charge in [-0.05, 0) is 6.42 Å². The Labute approximate surface area is 171 Å². The van der Waals surface area contributed by atoms with Crippen LogP contribution in [-0.4, -0.2) is 69.9 Å². The van der Waals surface area contributed by atoms with E-state index in [0.29, 0.717) is 23.5 Å². The molecule has 28 heavy (non-hydrogen) atoms. The van der Waals surface area contributed by atoms with Crippen LogP contribution in [0.5, 0.6) is 5.88 Å². The number of esters is 1. The second-order valence-electron chi connectivity index (χ2n) is 7.62. The van der Waals surface area contributed by atoms with Crippen LogP contribution in [0.15, 0.2) is 6.08 Å². The van der Waals surface area contributed by atoms with Crippen molar-refractivity contribution >= 4 is 23.3 Å². The normalized spacial score (nSPS) is 21.7. The number of aliphatic hydroxyl groups is 1. The molecular weight excluding hydrogens is 380 g/mol. The van der Waals surface area contributed by atoms with E-state index in [2.05, 4.69) is 34.5 Å². The highest BCUT2D eigenvalue weighted by atomic mass is 32.1. The highest BCUT2D eigenvalue weighted by Crippen LogP contribution is 2.31. The van der Waals surface area contributed by atoms with Crippen LogP contribution in [0.3, 0.4) is 0 Å². The minimum absolute atomic E-state index is 0.316. The van der Waals surface area contributed by atoms with Gasteiger partial charge < -0.3 is 20.3 Å². The first-order valence-corrected chi connectivity index (χ1v) is 10.8. The summed E-state index contributed by atoms with van der Waals surface area (Å²) in [4.78, 5) is 12.0. The van der Waals surface area contributed by atoms with E-state index < -0.39 is 12.0 Å². The highest BCUT2D eigenvalue weighted by Gasteiger charge is 2.37. The van der Waals surface area contributed by atoms with Crippen molar-refractivity contribution in [1.29, 1.82) is 0 Å². The van der Waals surface area contributed by atoms with Crippen LogP contribution in [0.1, 0.15) is 51.6 Å². The molecule has 1 aliphatic heterocycles. The second kappa shape index (κ2) is 10.8. The van der Waals surface area contributed by atoms with Gasteiger partial charge in [0.05, 0.1) is 31.9 Å². The minimum Gasteiger partial charge on any atom is -0.475 e. The molecule has 0 saturated heterocycles. The van der Waals surface area contributed by atoms with Crippen molar-refractivity contribution in [2.24, 2.45) is 0 Å². The Kier molecular flexibility index (Phi) is 8.81. The SMILES string of the molecule is CCCCCCOc1nsnc1C1=CCC[N+](C)(C(C)OC(=O)[C@@H]([NH3+])CO)C1. The molecule has 0 aromatic carbocycles. The van der Waals surface area contributed by atoms with Gasteiger partial charge in [0.25, 0.3) is 5.88 Å². The number of carbonyl (C=O) groups is 1. The Morgan fingerprint density at radius 1 is 1.39 bits per heavy atom. The van der Waals surface area contributed by atoms with Crippen molar-refractivity contribution in [3.63, 3.8) is 0 Å². The van der Waals surface area contributed by atoms with Crippen molar-refractivity contribution in [3.05, 3.63) is 11.8 Å². The molecule has 1 aliphatic rings. The molecule has 0 amide bonds. The average molecular weight is 415 g/mol. The van der Waals surface area contributed by atoms with E-state index in [1.54, 1.807) is 0 Å². The predicted octanol–water partition coefficient (Wildman–Crippen LogP) is 1.22. The Bertz CT molecular complexity index is 666. The van der Waals surface area contributed by atoms with Crippen LogP contribution >= 0.6 is 11.7 Å². The van der Waals surface area contributed by atoms with Crippen molar-refractivity contribution < 1.29 is 29.6 Å². The third-order valence-corrected chi connectivity index (χ3v) is 5.79. The third kappa shape index (κ3) is 5.97. The van der Waals surface area contributed by atoms with E-state index in [4.69, 9.17) is 14.6 Å². The van der Waals surface area contributed by atoms with Crippen molar-refractivity contribution in [2.75, 3.05) is 33.4 Å². The molecule has 0 spiro atoms. The van der Waals surface area contributed by atoms with E-state index in [0.717, 1.165) is 48.8 Å². The van der Waals surface area contributed by atoms with Gasteiger partial charge in [-0.1, -0.05) is 32.3 Å². The Balaban J connectivity index is 2.00. The number of aliphatic hydroxyl groups excluding tert-OH is 1. The Morgan fingerprint density at radius 3 is 2.89 bits per heavy atom. The van der Waals surface area contributed by atoms with Gasteiger partial charge in [-0.2, -0.15) is 4.37 Å². The van der Waals surface area contributed by atoms with Gasteiger partial charge in [0, 0.05) is 18.9 Å². The fourth-order valence-electron chi connectivity index (χ4n) is 3.18. The molecule has 158 valence electrons. The molecule has 2 rings (SSSR count). The van der Waals surface area contributed by atoms with E-state index in [1.165, 1.54) is 12.8 Å². The number of quaternary nitrogens is 2. The van der Waals surface area contributed by atoms with Gasteiger partial charge in [0.15, 0.2) is 0 Å². The highest BCUT2D eigenvalue weighted by molar-refractivity contribution is 6.99. The van der Waals surface area contributed by atoms with Crippen molar-refractivity contribution in [2.45, 2.75) is 58.2 Å². The van der Waals surface area contributed by atoms with Crippen LogP contribution in [0, 0.1) is 0 Å². The van der Waals surface area contributed by atoms with Crippen molar-refractivity contribution in [3.8, 4) is 5.88 Å². The molecule has 1 aromatic rings. The number of nitrogens with zero attached hydrogens (tertiary/aromatic N) is 3. The molecule has 8 nitrogen and oxygen atoms in total. The Morgan fingerprint density at radius 2 is 2.18 bits per heavy atom. The molecule has 0 aliphatic carbocycles. The fourth-order valence-corrected chi connectivity index (χ4v) is 3.71. The van der Waals surface area contributed by atoms with Gasteiger partial charge in [-0.3, -0.25) is 4.48 Å². The lowest BCUT2D eigenvalue weighted by Gasteiger charge is -2.41. The van der Waals surface area contributed by atoms with E-state index in [9.17, 15) is 4.79 Å². The topological polar surface area (TPSA) is 109 Å². The lowest BCUT2D eigenvalue weighted by atomic mass is 10.0. The number of hydrogen-bond acceptors (Lipinski definition) is 7. The zero-order valence-electron chi connectivity index (χ0n) is 17.2. The molecule has 0 bridgehead atoms. The molecule has 3 atom stereocenters. The first-order valence-electron chi connectivity index (χ1n) is 10.0. The van der Waals surface area contributed by atoms with E-state index in [-0.39, 0.29) is 12.8 Å². The summed E-state index contributed by atoms with van der Waals surface area (Å²) in [5, 5.41) is 9.10. The van der Waals surface area contributed by atoms with E-state index >= 15 is 0 Å². The van der Waals surface area contributed by atoms with E-state index in [1.807, 2.05) is 6.92 Å². The lowest BCUT2D eigenvalue weighted by Crippen LogP contribution is -2.68. The maximum Gasteiger partial charge on any atom is 0.371 e. The van der Waals surface area contributed by atoms with Gasteiger partial charge in [-0.25, -0.2) is 4.79 Å². The monoisotopic (exact) mass is 414 g/mol. The number of rotatable bonds is 11. The van der Waals surface area contributed by atoms with Crippen LogP contribution < -0.4 is 10.5 Å². The second-order valence-corrected chi connectivity index (χ2v) is 8.15. The number of aromatic nitrogens is 2. The van der Waals surface area contributed by atoms with Gasteiger partial charge in [-0.15, -0.1) is 4.37 Å². The average Bonchev–Trinajstić information content (AvgIpc) is 3.15. The molecule has 4 N–H and O–H groups in total. The summed E-state index contributed by atoms with van der Waals surface area (Å²) in [7, 11) is 2.06. The zero-order valence-corrected chi connectivity index (χ0v) is 18.0. The largest absolute Gasteiger partial charge is 0.475 e. The van der Waals surface area contributed by atoms with Crippen LogP contribution in [-0.2, 0) is 9.53 Å². The summed E-state index contributed by atoms with van der Waals surface area (Å²) in [5.41, 5.74) is 5.49. The standard InChI is InChI=1S/C19H33N4O4S/c1-4-5-6-7-11-26-18-17(21-28-22-18)15-9-8-10-23(3,12-15)14(2)27-19(25)16(20)13-24/h9,14,16,24H,4-8,10-13,20H2,1-3H3/q+1/p+1/t14?,16-,23?/m0/s1. The maximum atomic E-state index is 12.0.